The molecule has 0 aliphatic carbocycles. The SMILES string of the molecule is C=CCCCCCn1cc(CNCC(C)C)c(C)n1. The first-order valence-corrected chi connectivity index (χ1v) is 7.48. The molecule has 0 aliphatic rings. The van der Waals surface area contributed by atoms with Gasteiger partial charge >= 0.3 is 0 Å². The fourth-order valence-electron chi connectivity index (χ4n) is 2.08. The molecular weight excluding hydrogens is 234 g/mol. The molecule has 1 rings (SSSR count). The lowest BCUT2D eigenvalue weighted by atomic mass is 10.2. The molecular formula is C16H29N3. The summed E-state index contributed by atoms with van der Waals surface area (Å²) in [6, 6.07) is 0. The fourth-order valence-corrected chi connectivity index (χ4v) is 2.08. The summed E-state index contributed by atoms with van der Waals surface area (Å²) >= 11 is 0. The van der Waals surface area contributed by atoms with E-state index in [1.807, 2.05) is 6.08 Å². The minimum atomic E-state index is 0.695. The van der Waals surface area contributed by atoms with Gasteiger partial charge in [0.1, 0.15) is 0 Å². The predicted octanol–water partition coefficient (Wildman–Crippen LogP) is 3.68. The van der Waals surface area contributed by atoms with Gasteiger partial charge in [-0.3, -0.25) is 4.68 Å². The summed E-state index contributed by atoms with van der Waals surface area (Å²) in [4.78, 5) is 0. The fraction of sp³-hybridized carbons (Fsp3) is 0.688. The zero-order chi connectivity index (χ0) is 14.1. The maximum absolute atomic E-state index is 4.58. The zero-order valence-corrected chi connectivity index (χ0v) is 12.8. The van der Waals surface area contributed by atoms with Crippen LogP contribution in [0.2, 0.25) is 0 Å². The Morgan fingerprint density at radius 2 is 2.16 bits per heavy atom. The summed E-state index contributed by atoms with van der Waals surface area (Å²) in [5.41, 5.74) is 2.48. The molecule has 0 fully saturated rings. The molecule has 0 unspecified atom stereocenters. The van der Waals surface area contributed by atoms with Gasteiger partial charge in [0.25, 0.3) is 0 Å². The van der Waals surface area contributed by atoms with Gasteiger partial charge in [0.2, 0.25) is 0 Å². The van der Waals surface area contributed by atoms with Crippen molar-refractivity contribution in [3.05, 3.63) is 30.1 Å². The van der Waals surface area contributed by atoms with E-state index >= 15 is 0 Å². The van der Waals surface area contributed by atoms with Crippen molar-refractivity contribution < 1.29 is 0 Å². The van der Waals surface area contributed by atoms with E-state index in [1.54, 1.807) is 0 Å². The topological polar surface area (TPSA) is 29.9 Å². The van der Waals surface area contributed by atoms with Crippen LogP contribution in [0.25, 0.3) is 0 Å². The molecule has 1 aromatic heterocycles. The zero-order valence-electron chi connectivity index (χ0n) is 12.8. The molecule has 1 aromatic rings. The Balaban J connectivity index is 2.30. The van der Waals surface area contributed by atoms with Crippen LogP contribution in [0.5, 0.6) is 0 Å². The second kappa shape index (κ2) is 8.92. The van der Waals surface area contributed by atoms with Crippen molar-refractivity contribution in [3.63, 3.8) is 0 Å². The quantitative estimate of drug-likeness (QED) is 0.515. The van der Waals surface area contributed by atoms with Gasteiger partial charge in [0.15, 0.2) is 0 Å². The summed E-state index contributed by atoms with van der Waals surface area (Å²) in [5.74, 6) is 0.695. The van der Waals surface area contributed by atoms with Gasteiger partial charge < -0.3 is 5.32 Å². The minimum absolute atomic E-state index is 0.695. The Hall–Kier alpha value is -1.09. The van der Waals surface area contributed by atoms with Crippen LogP contribution in [0.3, 0.4) is 0 Å². The minimum Gasteiger partial charge on any atom is -0.312 e. The van der Waals surface area contributed by atoms with E-state index in [0.717, 1.165) is 31.7 Å². The molecule has 0 saturated heterocycles. The molecule has 19 heavy (non-hydrogen) atoms. The van der Waals surface area contributed by atoms with Crippen molar-refractivity contribution in [2.24, 2.45) is 5.92 Å². The lowest BCUT2D eigenvalue weighted by Gasteiger charge is -2.05. The Kier molecular flexibility index (Phi) is 7.49. The number of nitrogens with one attached hydrogen (secondary N) is 1. The van der Waals surface area contributed by atoms with Gasteiger partial charge in [0, 0.05) is 24.8 Å². The normalized spacial score (nSPS) is 11.2. The second-order valence-corrected chi connectivity index (χ2v) is 5.67. The molecule has 3 nitrogen and oxygen atoms in total. The van der Waals surface area contributed by atoms with Crippen molar-refractivity contribution in [1.29, 1.82) is 0 Å². The number of allylic oxidation sites excluding steroid dienone is 1. The van der Waals surface area contributed by atoms with Gasteiger partial charge in [-0.2, -0.15) is 5.10 Å². The van der Waals surface area contributed by atoms with Crippen LogP contribution in [0, 0.1) is 12.8 Å². The van der Waals surface area contributed by atoms with Crippen LogP contribution in [0.4, 0.5) is 0 Å². The summed E-state index contributed by atoms with van der Waals surface area (Å²) in [7, 11) is 0. The Morgan fingerprint density at radius 1 is 1.37 bits per heavy atom. The lowest BCUT2D eigenvalue weighted by molar-refractivity contribution is 0.541. The molecule has 0 aliphatic heterocycles. The smallest absolute Gasteiger partial charge is 0.0638 e. The van der Waals surface area contributed by atoms with Crippen molar-refractivity contribution >= 4 is 0 Å². The predicted molar refractivity (Wildman–Crippen MR) is 82.2 cm³/mol. The molecule has 0 saturated carbocycles. The van der Waals surface area contributed by atoms with E-state index in [4.69, 9.17) is 0 Å². The maximum atomic E-state index is 4.58. The van der Waals surface area contributed by atoms with Gasteiger partial charge in [-0.05, 0) is 38.6 Å². The molecule has 1 N–H and O–H groups in total. The monoisotopic (exact) mass is 263 g/mol. The second-order valence-electron chi connectivity index (χ2n) is 5.67. The highest BCUT2D eigenvalue weighted by molar-refractivity contribution is 5.14. The third-order valence-corrected chi connectivity index (χ3v) is 3.21. The van der Waals surface area contributed by atoms with Crippen molar-refractivity contribution in [2.75, 3.05) is 6.54 Å². The van der Waals surface area contributed by atoms with Gasteiger partial charge in [-0.25, -0.2) is 0 Å². The average molecular weight is 263 g/mol. The summed E-state index contributed by atoms with van der Waals surface area (Å²) in [6.45, 7) is 13.3. The van der Waals surface area contributed by atoms with Crippen molar-refractivity contribution in [2.45, 2.75) is 59.5 Å². The summed E-state index contributed by atoms with van der Waals surface area (Å²) < 4.78 is 2.09. The molecule has 3 heteroatoms. The van der Waals surface area contributed by atoms with Crippen LogP contribution >= 0.6 is 0 Å². The molecule has 108 valence electrons. The largest absolute Gasteiger partial charge is 0.312 e. The van der Waals surface area contributed by atoms with Gasteiger partial charge in [-0.1, -0.05) is 26.3 Å². The number of unbranched alkanes of at least 4 members (excludes halogenated alkanes) is 3. The first-order valence-electron chi connectivity index (χ1n) is 7.48. The Labute approximate surface area is 118 Å². The highest BCUT2D eigenvalue weighted by Crippen LogP contribution is 2.08. The van der Waals surface area contributed by atoms with Crippen molar-refractivity contribution in [1.82, 2.24) is 15.1 Å². The van der Waals surface area contributed by atoms with E-state index < -0.39 is 0 Å². The lowest BCUT2D eigenvalue weighted by Crippen LogP contribution is -2.19. The third-order valence-electron chi connectivity index (χ3n) is 3.21. The number of nitrogens with zero attached hydrogens (tertiary/aromatic N) is 2. The molecule has 0 atom stereocenters. The van der Waals surface area contributed by atoms with Crippen molar-refractivity contribution in [3.8, 4) is 0 Å². The maximum Gasteiger partial charge on any atom is 0.0638 e. The molecule has 0 radical (unpaired) electrons. The van der Waals surface area contributed by atoms with Gasteiger partial charge in [-0.15, -0.1) is 6.58 Å². The van der Waals surface area contributed by atoms with Crippen LogP contribution < -0.4 is 5.32 Å². The Bertz CT molecular complexity index is 366. The molecule has 0 aromatic carbocycles. The molecule has 0 spiro atoms. The highest BCUT2D eigenvalue weighted by Gasteiger charge is 2.04. The number of hydrogen-bond acceptors (Lipinski definition) is 2. The van der Waals surface area contributed by atoms with Crippen LogP contribution in [-0.4, -0.2) is 16.3 Å². The standard InChI is InChI=1S/C16H29N3/c1-5-6-7-8-9-10-19-13-16(15(4)18-19)12-17-11-14(2)3/h5,13-14,17H,1,6-12H2,2-4H3. The number of aryl methyl sites for hydroxylation is 2. The first-order chi connectivity index (χ1) is 9.13. The highest BCUT2D eigenvalue weighted by atomic mass is 15.3. The number of rotatable bonds is 10. The van der Waals surface area contributed by atoms with Gasteiger partial charge in [0.05, 0.1) is 5.69 Å². The summed E-state index contributed by atoms with van der Waals surface area (Å²) in [6.07, 6.45) is 9.02. The van der Waals surface area contributed by atoms with Crippen LogP contribution in [-0.2, 0) is 13.1 Å². The van der Waals surface area contributed by atoms with E-state index in [1.165, 1.54) is 24.8 Å². The van der Waals surface area contributed by atoms with E-state index in [9.17, 15) is 0 Å². The Morgan fingerprint density at radius 3 is 2.84 bits per heavy atom. The molecule has 0 amide bonds. The van der Waals surface area contributed by atoms with E-state index in [0.29, 0.717) is 5.92 Å². The molecule has 0 bridgehead atoms. The van der Waals surface area contributed by atoms with E-state index in [-0.39, 0.29) is 0 Å². The third kappa shape index (κ3) is 6.58. The number of aromatic nitrogens is 2. The van der Waals surface area contributed by atoms with Crippen LogP contribution in [0.15, 0.2) is 18.9 Å². The first kappa shape index (κ1) is 16.0. The van der Waals surface area contributed by atoms with E-state index in [2.05, 4.69) is 48.6 Å². The summed E-state index contributed by atoms with van der Waals surface area (Å²) in [5, 5.41) is 8.06. The molecule has 1 heterocycles. The number of hydrogen-bond donors (Lipinski definition) is 1. The average Bonchev–Trinajstić information content (AvgIpc) is 2.69. The van der Waals surface area contributed by atoms with Crippen LogP contribution in [0.1, 0.15) is 50.8 Å².